The van der Waals surface area contributed by atoms with Gasteiger partial charge in [0.2, 0.25) is 0 Å². The third kappa shape index (κ3) is 27.7. The molecular weight excluding hydrogens is 588 g/mol. The standard InChI is InChI=1S/2C15H27NO5.Ca/c2*1-2-3-4-5-6-7-10-16(13-17,11-8-14(18)19)12-9-15(20)21;/h2*3-4,17H,2,5-13H2,1H3,(H-,18,19,20,21);/q;;+2/b2*4-3+;. The first-order valence-electron chi connectivity index (χ1n) is 15.0. The van der Waals surface area contributed by atoms with Crippen LogP contribution in [0.4, 0.5) is 0 Å². The first-order valence-corrected chi connectivity index (χ1v) is 15.0. The van der Waals surface area contributed by atoms with Crippen molar-refractivity contribution < 1.29 is 58.8 Å². The number of nitrogens with zero attached hydrogens (tertiary/aromatic N) is 2. The van der Waals surface area contributed by atoms with E-state index in [1.54, 1.807) is 0 Å². The van der Waals surface area contributed by atoms with Crippen LogP contribution in [0.2, 0.25) is 0 Å². The molecule has 0 bridgehead atoms. The second-order valence-electron chi connectivity index (χ2n) is 10.6. The van der Waals surface area contributed by atoms with Crippen molar-refractivity contribution in [2.24, 2.45) is 0 Å². The SMILES string of the molecule is CC/C=C/CCCC[N+](CO)(CCC(=O)[O-])CCC(=O)O.CC/C=C/CCCC[N+](CO)(CCC(=O)[O-])CCC(=O)O.[Ca+2]. The Morgan fingerprint density at radius 1 is 0.558 bits per heavy atom. The molecule has 0 radical (unpaired) electrons. The Kier molecular flexibility index (Phi) is 31.1. The van der Waals surface area contributed by atoms with Crippen LogP contribution in [0.5, 0.6) is 0 Å². The summed E-state index contributed by atoms with van der Waals surface area (Å²) in [5.74, 6) is -4.23. The number of carboxylic acids is 4. The van der Waals surface area contributed by atoms with Crippen molar-refractivity contribution in [3.05, 3.63) is 24.3 Å². The van der Waals surface area contributed by atoms with Gasteiger partial charge in [-0.05, 0) is 51.4 Å². The summed E-state index contributed by atoms with van der Waals surface area (Å²) in [5, 5.41) is 58.0. The van der Waals surface area contributed by atoms with Crippen molar-refractivity contribution in [1.29, 1.82) is 0 Å². The van der Waals surface area contributed by atoms with Crippen molar-refractivity contribution in [3.63, 3.8) is 0 Å². The monoisotopic (exact) mass is 642 g/mol. The number of unbranched alkanes of at least 4 members (excludes halogenated alkanes) is 4. The summed E-state index contributed by atoms with van der Waals surface area (Å²) in [6.45, 7) is 5.69. The van der Waals surface area contributed by atoms with Crippen molar-refractivity contribution in [1.82, 2.24) is 0 Å². The van der Waals surface area contributed by atoms with Gasteiger partial charge in [-0.15, -0.1) is 0 Å². The van der Waals surface area contributed by atoms with Gasteiger partial charge in [-0.25, -0.2) is 0 Å². The Hall–Kier alpha value is -1.54. The Labute approximate surface area is 286 Å². The van der Waals surface area contributed by atoms with E-state index in [2.05, 4.69) is 38.2 Å². The number of allylic oxidation sites excluding steroid dienone is 4. The molecule has 0 aliphatic rings. The topological polar surface area (TPSA) is 195 Å². The molecule has 43 heavy (non-hydrogen) atoms. The van der Waals surface area contributed by atoms with Gasteiger partial charge in [0.1, 0.15) is 0 Å². The smallest absolute Gasteiger partial charge is 0.550 e. The molecule has 0 rings (SSSR count). The summed E-state index contributed by atoms with van der Waals surface area (Å²) in [6, 6.07) is 0. The molecule has 0 aromatic carbocycles. The zero-order chi connectivity index (χ0) is 32.3. The van der Waals surface area contributed by atoms with Crippen LogP contribution in [0.1, 0.15) is 90.9 Å². The summed E-state index contributed by atoms with van der Waals surface area (Å²) >= 11 is 0. The van der Waals surface area contributed by atoms with Gasteiger partial charge in [-0.1, -0.05) is 38.2 Å². The second-order valence-corrected chi connectivity index (χ2v) is 10.6. The summed E-state index contributed by atoms with van der Waals surface area (Å²) in [7, 11) is 0. The Balaban J connectivity index is -0.000000727. The molecule has 0 aromatic rings. The van der Waals surface area contributed by atoms with E-state index in [0.717, 1.165) is 51.4 Å². The third-order valence-corrected chi connectivity index (χ3v) is 7.09. The van der Waals surface area contributed by atoms with Crippen LogP contribution < -0.4 is 10.2 Å². The number of quaternary nitrogens is 2. The van der Waals surface area contributed by atoms with Gasteiger partial charge in [0.25, 0.3) is 0 Å². The summed E-state index contributed by atoms with van der Waals surface area (Å²) < 4.78 is 0.218. The van der Waals surface area contributed by atoms with Gasteiger partial charge < -0.3 is 49.2 Å². The molecular formula is C30H54CaN2O10+2. The first-order chi connectivity index (χ1) is 19.9. The zero-order valence-electron chi connectivity index (χ0n) is 26.3. The molecule has 0 saturated carbocycles. The number of rotatable bonds is 26. The average Bonchev–Trinajstić information content (AvgIpc) is 2.95. The number of aliphatic carboxylic acids is 4. The molecule has 0 amide bonds. The van der Waals surface area contributed by atoms with Crippen LogP contribution in [-0.2, 0) is 19.2 Å². The molecule has 0 fully saturated rings. The molecule has 0 aliphatic heterocycles. The van der Waals surface area contributed by atoms with Gasteiger partial charge in [-0.3, -0.25) is 9.59 Å². The molecule has 2 atom stereocenters. The summed E-state index contributed by atoms with van der Waals surface area (Å²) in [6.07, 6.45) is 15.3. The number of aliphatic hydroxyl groups is 2. The fourth-order valence-electron chi connectivity index (χ4n) is 4.41. The number of hydrogen-bond donors (Lipinski definition) is 4. The molecule has 13 heteroatoms. The Bertz CT molecular complexity index is 719. The number of carbonyl (C=O) groups is 4. The van der Waals surface area contributed by atoms with E-state index < -0.39 is 23.9 Å². The minimum absolute atomic E-state index is 0. The maximum Gasteiger partial charge on any atom is 2.00 e. The summed E-state index contributed by atoms with van der Waals surface area (Å²) in [4.78, 5) is 42.7. The molecule has 0 heterocycles. The maximum absolute atomic E-state index is 10.7. The fourth-order valence-corrected chi connectivity index (χ4v) is 4.41. The third-order valence-electron chi connectivity index (χ3n) is 7.09. The van der Waals surface area contributed by atoms with E-state index in [1.165, 1.54) is 0 Å². The normalized spacial score (nSPS) is 13.9. The van der Waals surface area contributed by atoms with Crippen molar-refractivity contribution >= 4 is 61.6 Å². The largest absolute Gasteiger partial charge is 2.00 e. The molecule has 0 saturated heterocycles. The van der Waals surface area contributed by atoms with Crippen molar-refractivity contribution in [2.45, 2.75) is 90.9 Å². The van der Waals surface area contributed by atoms with Crippen LogP contribution in [0.15, 0.2) is 24.3 Å². The van der Waals surface area contributed by atoms with E-state index in [4.69, 9.17) is 10.2 Å². The van der Waals surface area contributed by atoms with Gasteiger partial charge in [0.05, 0.1) is 52.1 Å². The predicted molar refractivity (Wildman–Crippen MR) is 160 cm³/mol. The van der Waals surface area contributed by atoms with E-state index in [9.17, 15) is 39.6 Å². The molecule has 0 aliphatic carbocycles. The maximum atomic E-state index is 10.7. The van der Waals surface area contributed by atoms with E-state index >= 15 is 0 Å². The van der Waals surface area contributed by atoms with Gasteiger partial charge in [0.15, 0.2) is 13.5 Å². The van der Waals surface area contributed by atoms with Crippen LogP contribution in [0, 0.1) is 0 Å². The second kappa shape index (κ2) is 29.2. The Morgan fingerprint density at radius 2 is 0.884 bits per heavy atom. The summed E-state index contributed by atoms with van der Waals surface area (Å²) in [5.41, 5.74) is 0. The fraction of sp³-hybridized carbons (Fsp3) is 0.733. The molecule has 0 spiro atoms. The van der Waals surface area contributed by atoms with Crippen LogP contribution in [-0.4, -0.2) is 144 Å². The van der Waals surface area contributed by atoms with Gasteiger partial charge in [0, 0.05) is 24.8 Å². The van der Waals surface area contributed by atoms with Crippen molar-refractivity contribution in [2.75, 3.05) is 52.7 Å². The van der Waals surface area contributed by atoms with Crippen LogP contribution in [0.3, 0.4) is 0 Å². The Morgan fingerprint density at radius 3 is 1.14 bits per heavy atom. The number of hydrogen-bond acceptors (Lipinski definition) is 8. The van der Waals surface area contributed by atoms with Crippen LogP contribution >= 0.6 is 0 Å². The van der Waals surface area contributed by atoms with E-state index in [-0.39, 0.29) is 112 Å². The first kappa shape index (κ1) is 45.9. The minimum Gasteiger partial charge on any atom is -0.550 e. The number of carbonyl (C=O) groups excluding carboxylic acids is 2. The van der Waals surface area contributed by atoms with Crippen LogP contribution in [0.25, 0.3) is 0 Å². The quantitative estimate of drug-likeness (QED) is 0.0342. The van der Waals surface area contributed by atoms with Gasteiger partial charge >= 0.3 is 49.7 Å². The minimum atomic E-state index is -1.17. The molecule has 244 valence electrons. The molecule has 0 aromatic heterocycles. The van der Waals surface area contributed by atoms with E-state index in [0.29, 0.717) is 13.1 Å². The predicted octanol–water partition coefficient (Wildman–Crippen LogP) is 0.628. The molecule has 12 nitrogen and oxygen atoms in total. The van der Waals surface area contributed by atoms with Crippen molar-refractivity contribution in [3.8, 4) is 0 Å². The average molecular weight is 643 g/mol. The zero-order valence-corrected chi connectivity index (χ0v) is 28.5. The number of carboxylic acid groups (broad SMARTS) is 4. The molecule has 2 unspecified atom stereocenters. The number of aliphatic hydroxyl groups excluding tert-OH is 2. The molecule has 4 N–H and O–H groups in total. The van der Waals surface area contributed by atoms with E-state index in [1.807, 2.05) is 0 Å². The van der Waals surface area contributed by atoms with Gasteiger partial charge in [-0.2, -0.15) is 0 Å².